The van der Waals surface area contributed by atoms with Crippen molar-refractivity contribution in [2.75, 3.05) is 19.6 Å². The second-order valence-corrected chi connectivity index (χ2v) is 3.82. The average Bonchev–Trinajstić information content (AvgIpc) is 2.19. The minimum atomic E-state index is 0.633. The highest BCUT2D eigenvalue weighted by atomic mass is 16.4. The van der Waals surface area contributed by atoms with E-state index in [2.05, 4.69) is 29.1 Å². The van der Waals surface area contributed by atoms with Gasteiger partial charge in [0.15, 0.2) is 0 Å². The van der Waals surface area contributed by atoms with Crippen LogP contribution in [0.5, 0.6) is 0 Å². The normalized spacial score (nSPS) is 23.4. The van der Waals surface area contributed by atoms with Crippen molar-refractivity contribution in [3.05, 3.63) is 12.2 Å². The summed E-state index contributed by atoms with van der Waals surface area (Å²) in [5.41, 5.74) is 0. The van der Waals surface area contributed by atoms with E-state index in [1.165, 1.54) is 13.0 Å². The van der Waals surface area contributed by atoms with E-state index in [-0.39, 0.29) is 0 Å². The molecular weight excluding hydrogens is 176 g/mol. The van der Waals surface area contributed by atoms with Crippen molar-refractivity contribution >= 4 is 6.21 Å². The number of oxime groups is 1. The molecule has 3 nitrogen and oxygen atoms in total. The van der Waals surface area contributed by atoms with Gasteiger partial charge in [-0.15, -0.1) is 5.16 Å². The van der Waals surface area contributed by atoms with Gasteiger partial charge in [-0.25, -0.2) is 0 Å². The first-order valence-corrected chi connectivity index (χ1v) is 5.41. The lowest BCUT2D eigenvalue weighted by atomic mass is 9.99. The van der Waals surface area contributed by atoms with E-state index in [0.29, 0.717) is 5.92 Å². The fourth-order valence-corrected chi connectivity index (χ4v) is 1.90. The van der Waals surface area contributed by atoms with Crippen molar-refractivity contribution in [3.63, 3.8) is 0 Å². The molecule has 1 heterocycles. The zero-order chi connectivity index (χ0) is 10.2. The molecule has 1 aliphatic rings. The third-order valence-corrected chi connectivity index (χ3v) is 2.55. The first-order valence-electron chi connectivity index (χ1n) is 5.41. The molecule has 0 bridgehead atoms. The molecule has 0 saturated heterocycles. The van der Waals surface area contributed by atoms with Crippen LogP contribution in [0.1, 0.15) is 26.2 Å². The first-order chi connectivity index (χ1) is 6.86. The first kappa shape index (κ1) is 11.2. The Kier molecular flexibility index (Phi) is 5.30. The standard InChI is InChI=1S/C11H20N2O/c1-2-8-13-9-4-6-11(10-13)5-3-7-12-14/h4,6-7,11,14H,2-3,5,8-10H2,1H3/b12-7+. The molecule has 1 aliphatic heterocycles. The molecule has 0 aromatic rings. The number of nitrogens with zero attached hydrogens (tertiary/aromatic N) is 2. The summed E-state index contributed by atoms with van der Waals surface area (Å²) < 4.78 is 0. The summed E-state index contributed by atoms with van der Waals surface area (Å²) in [5.74, 6) is 0.633. The second-order valence-electron chi connectivity index (χ2n) is 3.82. The van der Waals surface area contributed by atoms with Crippen molar-refractivity contribution in [1.82, 2.24) is 4.90 Å². The molecule has 14 heavy (non-hydrogen) atoms. The molecular formula is C11H20N2O. The van der Waals surface area contributed by atoms with Gasteiger partial charge in [-0.2, -0.15) is 0 Å². The predicted octanol–water partition coefficient (Wildman–Crippen LogP) is 2.12. The van der Waals surface area contributed by atoms with Crippen LogP contribution in [-0.4, -0.2) is 36.0 Å². The molecule has 1 unspecified atom stereocenters. The highest BCUT2D eigenvalue weighted by Gasteiger charge is 2.13. The van der Waals surface area contributed by atoms with Gasteiger partial charge in [0, 0.05) is 19.3 Å². The Labute approximate surface area is 86.1 Å². The van der Waals surface area contributed by atoms with Gasteiger partial charge in [0.2, 0.25) is 0 Å². The van der Waals surface area contributed by atoms with Crippen LogP contribution >= 0.6 is 0 Å². The molecule has 1 atom stereocenters. The maximum Gasteiger partial charge on any atom is 0.0436 e. The van der Waals surface area contributed by atoms with E-state index in [1.807, 2.05) is 0 Å². The van der Waals surface area contributed by atoms with Gasteiger partial charge in [0.05, 0.1) is 0 Å². The van der Waals surface area contributed by atoms with E-state index >= 15 is 0 Å². The summed E-state index contributed by atoms with van der Waals surface area (Å²) in [6, 6.07) is 0. The molecule has 0 saturated carbocycles. The minimum absolute atomic E-state index is 0.633. The van der Waals surface area contributed by atoms with Gasteiger partial charge in [-0.3, -0.25) is 4.90 Å². The van der Waals surface area contributed by atoms with Crippen molar-refractivity contribution in [2.45, 2.75) is 26.2 Å². The molecule has 0 aromatic heterocycles. The number of hydrogen-bond donors (Lipinski definition) is 1. The van der Waals surface area contributed by atoms with Crippen LogP contribution in [-0.2, 0) is 0 Å². The summed E-state index contributed by atoms with van der Waals surface area (Å²) in [7, 11) is 0. The Morgan fingerprint density at radius 3 is 3.21 bits per heavy atom. The van der Waals surface area contributed by atoms with Crippen molar-refractivity contribution in [2.24, 2.45) is 11.1 Å². The zero-order valence-electron chi connectivity index (χ0n) is 8.89. The van der Waals surface area contributed by atoms with Crippen LogP contribution in [0.3, 0.4) is 0 Å². The van der Waals surface area contributed by atoms with E-state index < -0.39 is 0 Å². The number of hydrogen-bond acceptors (Lipinski definition) is 3. The minimum Gasteiger partial charge on any atom is -0.411 e. The Morgan fingerprint density at radius 1 is 1.64 bits per heavy atom. The fraction of sp³-hybridized carbons (Fsp3) is 0.727. The maximum absolute atomic E-state index is 8.27. The lowest BCUT2D eigenvalue weighted by Crippen LogP contribution is -2.33. The monoisotopic (exact) mass is 196 g/mol. The molecule has 1 rings (SSSR count). The summed E-state index contributed by atoms with van der Waals surface area (Å²) >= 11 is 0. The van der Waals surface area contributed by atoms with Crippen LogP contribution in [0.15, 0.2) is 17.3 Å². The number of rotatable bonds is 5. The van der Waals surface area contributed by atoms with E-state index in [9.17, 15) is 0 Å². The Morgan fingerprint density at radius 2 is 2.50 bits per heavy atom. The highest BCUT2D eigenvalue weighted by Crippen LogP contribution is 2.14. The van der Waals surface area contributed by atoms with Crippen LogP contribution in [0, 0.1) is 5.92 Å². The van der Waals surface area contributed by atoms with Gasteiger partial charge in [0.25, 0.3) is 0 Å². The third kappa shape index (κ3) is 3.92. The van der Waals surface area contributed by atoms with Gasteiger partial charge in [-0.1, -0.05) is 19.1 Å². The summed E-state index contributed by atoms with van der Waals surface area (Å²) in [6.07, 6.45) is 9.29. The van der Waals surface area contributed by atoms with Crippen LogP contribution < -0.4 is 0 Å². The topological polar surface area (TPSA) is 35.8 Å². The second kappa shape index (κ2) is 6.60. The van der Waals surface area contributed by atoms with E-state index in [1.54, 1.807) is 6.21 Å². The quantitative estimate of drug-likeness (QED) is 0.316. The van der Waals surface area contributed by atoms with E-state index in [4.69, 9.17) is 5.21 Å². The molecule has 0 fully saturated rings. The van der Waals surface area contributed by atoms with Crippen molar-refractivity contribution in [1.29, 1.82) is 0 Å². The molecule has 3 heteroatoms. The van der Waals surface area contributed by atoms with Crippen LogP contribution in [0.4, 0.5) is 0 Å². The van der Waals surface area contributed by atoms with Crippen LogP contribution in [0.2, 0.25) is 0 Å². The summed E-state index contributed by atoms with van der Waals surface area (Å²) in [4.78, 5) is 2.47. The molecule has 0 aromatic carbocycles. The fourth-order valence-electron chi connectivity index (χ4n) is 1.90. The third-order valence-electron chi connectivity index (χ3n) is 2.55. The Bertz CT molecular complexity index is 201. The lowest BCUT2D eigenvalue weighted by molar-refractivity contribution is 0.255. The van der Waals surface area contributed by atoms with Gasteiger partial charge in [0.1, 0.15) is 0 Å². The van der Waals surface area contributed by atoms with Crippen molar-refractivity contribution < 1.29 is 5.21 Å². The molecule has 80 valence electrons. The SMILES string of the molecule is CCCN1CC=CC(CC/C=N/O)C1. The molecule has 0 spiro atoms. The van der Waals surface area contributed by atoms with Gasteiger partial charge < -0.3 is 5.21 Å². The Hall–Kier alpha value is -0.830. The Balaban J connectivity index is 2.25. The van der Waals surface area contributed by atoms with Crippen molar-refractivity contribution in [3.8, 4) is 0 Å². The highest BCUT2D eigenvalue weighted by molar-refractivity contribution is 5.56. The predicted molar refractivity (Wildman–Crippen MR) is 58.9 cm³/mol. The van der Waals surface area contributed by atoms with Gasteiger partial charge in [-0.05, 0) is 31.7 Å². The lowest BCUT2D eigenvalue weighted by Gasteiger charge is -2.28. The van der Waals surface area contributed by atoms with Gasteiger partial charge >= 0.3 is 0 Å². The summed E-state index contributed by atoms with van der Waals surface area (Å²) in [6.45, 7) is 5.66. The van der Waals surface area contributed by atoms with Crippen LogP contribution in [0.25, 0.3) is 0 Å². The largest absolute Gasteiger partial charge is 0.411 e. The molecule has 1 N–H and O–H groups in total. The zero-order valence-corrected chi connectivity index (χ0v) is 8.89. The molecule has 0 aliphatic carbocycles. The maximum atomic E-state index is 8.27. The smallest absolute Gasteiger partial charge is 0.0436 e. The van der Waals surface area contributed by atoms with E-state index in [0.717, 1.165) is 25.9 Å². The molecule has 0 amide bonds. The average molecular weight is 196 g/mol. The summed E-state index contributed by atoms with van der Waals surface area (Å²) in [5, 5.41) is 11.3. The molecule has 0 radical (unpaired) electrons.